The molecule has 134 valence electrons. The fraction of sp³-hybridized carbons (Fsp3) is 0.455. The van der Waals surface area contributed by atoms with Crippen LogP contribution in [0.15, 0.2) is 60.7 Å². The topological polar surface area (TPSA) is 21.3 Å². The molecule has 2 nitrogen and oxygen atoms in total. The fourth-order valence-corrected chi connectivity index (χ4v) is 8.75. The normalized spacial score (nSPS) is 21.0. The second kappa shape index (κ2) is 7.44. The van der Waals surface area contributed by atoms with Crippen LogP contribution >= 0.6 is 0 Å². The molecule has 0 spiro atoms. The van der Waals surface area contributed by atoms with Crippen LogP contribution in [-0.4, -0.2) is 28.0 Å². The van der Waals surface area contributed by atoms with E-state index in [1.807, 2.05) is 0 Å². The molecule has 0 aromatic heterocycles. The first kappa shape index (κ1) is 18.4. The molecule has 1 aliphatic rings. The Hall–Kier alpha value is -1.42. The summed E-state index contributed by atoms with van der Waals surface area (Å²) in [6, 6.07) is 22.5. The van der Waals surface area contributed by atoms with Gasteiger partial charge in [0, 0.05) is 12.6 Å². The minimum Gasteiger partial charge on any atom is -0.407 e. The smallest absolute Gasteiger partial charge is 0.261 e. The molecule has 0 bridgehead atoms. The van der Waals surface area contributed by atoms with Crippen molar-refractivity contribution in [3.8, 4) is 0 Å². The first-order valence-electron chi connectivity index (χ1n) is 9.39. The van der Waals surface area contributed by atoms with Gasteiger partial charge in [-0.2, -0.15) is 0 Å². The van der Waals surface area contributed by atoms with Crippen LogP contribution in [0.3, 0.4) is 0 Å². The predicted octanol–water partition coefficient (Wildman–Crippen LogP) is 3.56. The number of hydrogen-bond donors (Lipinski definition) is 1. The zero-order valence-electron chi connectivity index (χ0n) is 16.0. The van der Waals surface area contributed by atoms with Gasteiger partial charge in [-0.25, -0.2) is 0 Å². The van der Waals surface area contributed by atoms with Crippen molar-refractivity contribution in [3.63, 3.8) is 0 Å². The minimum absolute atomic E-state index is 0.0713. The molecule has 0 saturated heterocycles. The van der Waals surface area contributed by atoms with Crippen molar-refractivity contribution in [2.75, 3.05) is 13.7 Å². The Morgan fingerprint density at radius 1 is 0.920 bits per heavy atom. The highest BCUT2D eigenvalue weighted by Crippen LogP contribution is 2.38. The van der Waals surface area contributed by atoms with Gasteiger partial charge >= 0.3 is 0 Å². The highest BCUT2D eigenvalue weighted by molar-refractivity contribution is 6.99. The van der Waals surface area contributed by atoms with Gasteiger partial charge in [-0.1, -0.05) is 81.4 Å². The second-order valence-electron chi connectivity index (χ2n) is 8.30. The third kappa shape index (κ3) is 3.59. The largest absolute Gasteiger partial charge is 0.407 e. The zero-order valence-corrected chi connectivity index (χ0v) is 17.0. The van der Waals surface area contributed by atoms with Crippen LogP contribution in [0.4, 0.5) is 0 Å². The Kier molecular flexibility index (Phi) is 5.47. The van der Waals surface area contributed by atoms with Gasteiger partial charge in [-0.05, 0) is 41.2 Å². The molecule has 1 aliphatic carbocycles. The molecule has 2 aromatic rings. The van der Waals surface area contributed by atoms with Crippen LogP contribution in [0.25, 0.3) is 0 Å². The molecule has 0 heterocycles. The molecule has 0 radical (unpaired) electrons. The molecular weight excluding hydrogens is 322 g/mol. The van der Waals surface area contributed by atoms with Gasteiger partial charge in [0.15, 0.2) is 0 Å². The van der Waals surface area contributed by atoms with E-state index in [9.17, 15) is 0 Å². The van der Waals surface area contributed by atoms with E-state index in [2.05, 4.69) is 93.8 Å². The van der Waals surface area contributed by atoms with Gasteiger partial charge in [0.1, 0.15) is 0 Å². The Labute approximate surface area is 153 Å². The Balaban J connectivity index is 1.97. The standard InChI is InChI=1S/C22H31NOSi/c1-22(2,3)25(20-11-7-5-8-12-20,21-13-9-6-10-14-21)24-17-18-15-19(16-18)23-4/h5-14,18-19,23H,15-17H2,1-4H3. The van der Waals surface area contributed by atoms with Crippen LogP contribution in [0, 0.1) is 5.92 Å². The maximum Gasteiger partial charge on any atom is 0.261 e. The molecule has 2 aromatic carbocycles. The van der Waals surface area contributed by atoms with Gasteiger partial charge in [0.05, 0.1) is 0 Å². The van der Waals surface area contributed by atoms with Crippen LogP contribution < -0.4 is 15.7 Å². The fourth-order valence-electron chi connectivity index (χ4n) is 4.11. The molecule has 1 fully saturated rings. The molecule has 0 atom stereocenters. The van der Waals surface area contributed by atoms with Gasteiger partial charge in [-0.15, -0.1) is 0 Å². The third-order valence-electron chi connectivity index (χ3n) is 5.60. The summed E-state index contributed by atoms with van der Waals surface area (Å²) in [5.41, 5.74) is 0. The molecule has 3 rings (SSSR count). The third-order valence-corrected chi connectivity index (χ3v) is 10.6. The summed E-state index contributed by atoms with van der Waals surface area (Å²) in [4.78, 5) is 0. The van der Waals surface area contributed by atoms with Gasteiger partial charge < -0.3 is 9.74 Å². The molecule has 0 unspecified atom stereocenters. The van der Waals surface area contributed by atoms with E-state index < -0.39 is 8.32 Å². The Morgan fingerprint density at radius 3 is 1.80 bits per heavy atom. The molecule has 3 heteroatoms. The predicted molar refractivity (Wildman–Crippen MR) is 109 cm³/mol. The zero-order chi connectivity index (χ0) is 17.9. The number of benzene rings is 2. The Morgan fingerprint density at radius 2 is 1.40 bits per heavy atom. The summed E-state index contributed by atoms with van der Waals surface area (Å²) in [6.45, 7) is 7.90. The average Bonchev–Trinajstić information content (AvgIpc) is 2.57. The SMILES string of the molecule is CNC1CC(CO[Si](c2ccccc2)(c2ccccc2)C(C)(C)C)C1. The lowest BCUT2D eigenvalue weighted by molar-refractivity contribution is 0.139. The molecule has 1 saturated carbocycles. The summed E-state index contributed by atoms with van der Waals surface area (Å²) in [5, 5.41) is 6.20. The summed E-state index contributed by atoms with van der Waals surface area (Å²) in [5.74, 6) is 0.680. The number of nitrogens with one attached hydrogen (secondary N) is 1. The first-order valence-corrected chi connectivity index (χ1v) is 11.3. The maximum atomic E-state index is 6.97. The maximum absolute atomic E-state index is 6.97. The van der Waals surface area contributed by atoms with Crippen molar-refractivity contribution in [2.45, 2.75) is 44.7 Å². The van der Waals surface area contributed by atoms with Crippen molar-refractivity contribution in [3.05, 3.63) is 60.7 Å². The molecule has 25 heavy (non-hydrogen) atoms. The van der Waals surface area contributed by atoms with Crippen LogP contribution in [0.5, 0.6) is 0 Å². The van der Waals surface area contributed by atoms with Gasteiger partial charge in [0.2, 0.25) is 0 Å². The molecule has 1 N–H and O–H groups in total. The van der Waals surface area contributed by atoms with Crippen molar-refractivity contribution in [2.24, 2.45) is 5.92 Å². The lowest BCUT2D eigenvalue weighted by Crippen LogP contribution is -2.67. The minimum atomic E-state index is -2.35. The van der Waals surface area contributed by atoms with Crippen molar-refractivity contribution in [1.82, 2.24) is 5.32 Å². The molecule has 0 amide bonds. The summed E-state index contributed by atoms with van der Waals surface area (Å²) >= 11 is 0. The van der Waals surface area contributed by atoms with E-state index >= 15 is 0 Å². The summed E-state index contributed by atoms with van der Waals surface area (Å²) < 4.78 is 6.97. The van der Waals surface area contributed by atoms with E-state index in [0.29, 0.717) is 12.0 Å². The van der Waals surface area contributed by atoms with Crippen molar-refractivity contribution in [1.29, 1.82) is 0 Å². The van der Waals surface area contributed by atoms with E-state index in [1.54, 1.807) is 0 Å². The molecule has 0 aliphatic heterocycles. The number of rotatable bonds is 6. The first-order chi connectivity index (χ1) is 12.0. The van der Waals surface area contributed by atoms with E-state index in [-0.39, 0.29) is 5.04 Å². The van der Waals surface area contributed by atoms with Crippen LogP contribution in [-0.2, 0) is 4.43 Å². The monoisotopic (exact) mass is 353 g/mol. The van der Waals surface area contributed by atoms with E-state index in [1.165, 1.54) is 23.2 Å². The van der Waals surface area contributed by atoms with E-state index in [0.717, 1.165) is 6.61 Å². The van der Waals surface area contributed by atoms with Crippen molar-refractivity contribution >= 4 is 18.7 Å². The van der Waals surface area contributed by atoms with Crippen LogP contribution in [0.2, 0.25) is 5.04 Å². The van der Waals surface area contributed by atoms with Crippen LogP contribution in [0.1, 0.15) is 33.6 Å². The second-order valence-corrected chi connectivity index (χ2v) is 12.6. The van der Waals surface area contributed by atoms with Gasteiger partial charge in [-0.3, -0.25) is 0 Å². The lowest BCUT2D eigenvalue weighted by atomic mass is 9.81. The Bertz CT molecular complexity index is 620. The number of hydrogen-bond acceptors (Lipinski definition) is 2. The summed E-state index contributed by atoms with van der Waals surface area (Å²) in [6.07, 6.45) is 2.46. The highest BCUT2D eigenvalue weighted by Gasteiger charge is 2.50. The molecular formula is C22H31NOSi. The average molecular weight is 354 g/mol. The van der Waals surface area contributed by atoms with E-state index in [4.69, 9.17) is 4.43 Å². The lowest BCUT2D eigenvalue weighted by Gasteiger charge is -2.45. The van der Waals surface area contributed by atoms with Gasteiger partial charge in [0.25, 0.3) is 8.32 Å². The summed E-state index contributed by atoms with van der Waals surface area (Å²) in [7, 11) is -0.288. The quantitative estimate of drug-likeness (QED) is 0.802. The van der Waals surface area contributed by atoms with Crippen molar-refractivity contribution < 1.29 is 4.43 Å². The highest BCUT2D eigenvalue weighted by atomic mass is 28.4.